The minimum Gasteiger partial charge on any atom is -0.384 e. The topological polar surface area (TPSA) is 63.3 Å². The largest absolute Gasteiger partial charge is 0.384 e. The number of aliphatic hydroxyl groups excluding tert-OH is 1. The Labute approximate surface area is 89.9 Å². The molecule has 0 saturated carbocycles. The van der Waals surface area contributed by atoms with Crippen molar-refractivity contribution in [3.63, 3.8) is 0 Å². The smallest absolute Gasteiger partial charge is 0.192 e. The third kappa shape index (κ3) is 3.15. The molecule has 3 heteroatoms. The van der Waals surface area contributed by atoms with Gasteiger partial charge in [-0.15, -0.1) is 0 Å². The fourth-order valence-electron chi connectivity index (χ4n) is 1.42. The van der Waals surface area contributed by atoms with Gasteiger partial charge in [0, 0.05) is 12.1 Å². The zero-order chi connectivity index (χ0) is 11.3. The van der Waals surface area contributed by atoms with Crippen molar-refractivity contribution >= 4 is 5.78 Å². The van der Waals surface area contributed by atoms with Crippen molar-refractivity contribution in [2.75, 3.05) is 6.54 Å². The molecule has 0 aliphatic carbocycles. The molecule has 0 aliphatic heterocycles. The molecule has 0 spiro atoms. The number of aryl methyl sites for hydroxylation is 1. The molecule has 0 saturated heterocycles. The minimum absolute atomic E-state index is 0.0322. The predicted molar refractivity (Wildman–Crippen MR) is 59.8 cm³/mol. The first-order valence-electron chi connectivity index (χ1n) is 5.20. The molecule has 1 aromatic rings. The first-order chi connectivity index (χ1) is 7.19. The summed E-state index contributed by atoms with van der Waals surface area (Å²) in [6.45, 7) is 2.08. The Kier molecular flexibility index (Phi) is 4.46. The average molecular weight is 207 g/mol. The zero-order valence-electron chi connectivity index (χ0n) is 8.94. The van der Waals surface area contributed by atoms with Gasteiger partial charge < -0.3 is 10.8 Å². The molecule has 0 heterocycles. The third-order valence-electron chi connectivity index (χ3n) is 2.30. The summed E-state index contributed by atoms with van der Waals surface area (Å²) in [5, 5.41) is 9.28. The number of benzene rings is 1. The first kappa shape index (κ1) is 11.9. The third-order valence-corrected chi connectivity index (χ3v) is 2.30. The number of Topliss-reactive ketones (excluding diaryl/α,β-unsaturated/α-hetero) is 1. The molecule has 0 bridgehead atoms. The monoisotopic (exact) mass is 207 g/mol. The molecule has 1 unspecified atom stereocenters. The average Bonchev–Trinajstić information content (AvgIpc) is 2.28. The van der Waals surface area contributed by atoms with E-state index in [2.05, 4.69) is 6.92 Å². The molecule has 1 atom stereocenters. The van der Waals surface area contributed by atoms with E-state index in [1.807, 2.05) is 12.1 Å². The molecule has 3 nitrogen and oxygen atoms in total. The molecular weight excluding hydrogens is 190 g/mol. The lowest BCUT2D eigenvalue weighted by Crippen LogP contribution is -2.29. The van der Waals surface area contributed by atoms with Crippen LogP contribution in [-0.4, -0.2) is 23.5 Å². The fraction of sp³-hybridized carbons (Fsp3) is 0.417. The maximum absolute atomic E-state index is 11.5. The van der Waals surface area contributed by atoms with Crippen LogP contribution in [0.2, 0.25) is 0 Å². The summed E-state index contributed by atoms with van der Waals surface area (Å²) in [4.78, 5) is 11.5. The van der Waals surface area contributed by atoms with Crippen LogP contribution in [0.3, 0.4) is 0 Å². The van der Waals surface area contributed by atoms with Crippen molar-refractivity contribution in [3.05, 3.63) is 35.4 Å². The Bertz CT molecular complexity index is 319. The van der Waals surface area contributed by atoms with E-state index in [1.54, 1.807) is 12.1 Å². The van der Waals surface area contributed by atoms with E-state index in [1.165, 1.54) is 5.56 Å². The Hall–Kier alpha value is -1.19. The highest BCUT2D eigenvalue weighted by Crippen LogP contribution is 2.08. The van der Waals surface area contributed by atoms with Crippen molar-refractivity contribution in [1.82, 2.24) is 0 Å². The summed E-state index contributed by atoms with van der Waals surface area (Å²) in [6, 6.07) is 7.32. The fourth-order valence-corrected chi connectivity index (χ4v) is 1.42. The molecular formula is C12H17NO2. The van der Waals surface area contributed by atoms with E-state index in [9.17, 15) is 9.90 Å². The molecule has 0 fully saturated rings. The van der Waals surface area contributed by atoms with Crippen LogP contribution in [0.1, 0.15) is 29.3 Å². The molecule has 1 aromatic carbocycles. The van der Waals surface area contributed by atoms with Gasteiger partial charge in [-0.3, -0.25) is 4.79 Å². The van der Waals surface area contributed by atoms with Crippen LogP contribution in [0, 0.1) is 0 Å². The van der Waals surface area contributed by atoms with E-state index in [0.29, 0.717) is 5.56 Å². The van der Waals surface area contributed by atoms with E-state index in [-0.39, 0.29) is 12.3 Å². The van der Waals surface area contributed by atoms with Crippen molar-refractivity contribution in [2.45, 2.75) is 25.9 Å². The normalized spacial score (nSPS) is 12.5. The molecule has 3 N–H and O–H groups in total. The summed E-state index contributed by atoms with van der Waals surface area (Å²) < 4.78 is 0. The van der Waals surface area contributed by atoms with Gasteiger partial charge in [-0.2, -0.15) is 0 Å². The van der Waals surface area contributed by atoms with Gasteiger partial charge >= 0.3 is 0 Å². The van der Waals surface area contributed by atoms with Gasteiger partial charge in [0.15, 0.2) is 5.78 Å². The molecule has 1 rings (SSSR count). The summed E-state index contributed by atoms with van der Waals surface area (Å²) in [5.74, 6) is -0.305. The number of rotatable bonds is 5. The van der Waals surface area contributed by atoms with Gasteiger partial charge in [-0.1, -0.05) is 37.6 Å². The zero-order valence-corrected chi connectivity index (χ0v) is 8.94. The summed E-state index contributed by atoms with van der Waals surface area (Å²) in [5.41, 5.74) is 6.94. The second-order valence-corrected chi connectivity index (χ2v) is 3.56. The van der Waals surface area contributed by atoms with Gasteiger partial charge in [0.2, 0.25) is 0 Å². The lowest BCUT2D eigenvalue weighted by Gasteiger charge is -2.07. The van der Waals surface area contributed by atoms with Gasteiger partial charge in [0.05, 0.1) is 0 Å². The Balaban J connectivity index is 2.75. The highest BCUT2D eigenvalue weighted by atomic mass is 16.3. The van der Waals surface area contributed by atoms with Crippen LogP contribution in [0.15, 0.2) is 24.3 Å². The second-order valence-electron chi connectivity index (χ2n) is 3.56. The molecule has 0 aliphatic rings. The van der Waals surface area contributed by atoms with Gasteiger partial charge in [0.25, 0.3) is 0 Å². The van der Waals surface area contributed by atoms with Gasteiger partial charge in [-0.05, 0) is 12.0 Å². The Morgan fingerprint density at radius 3 is 2.47 bits per heavy atom. The quantitative estimate of drug-likeness (QED) is 0.712. The number of nitrogens with two attached hydrogens (primary N) is 1. The highest BCUT2D eigenvalue weighted by molar-refractivity contribution is 5.99. The summed E-state index contributed by atoms with van der Waals surface area (Å²) >= 11 is 0. The number of carbonyl (C=O) groups is 1. The second kappa shape index (κ2) is 5.63. The van der Waals surface area contributed by atoms with E-state index in [0.717, 1.165) is 12.8 Å². The lowest BCUT2D eigenvalue weighted by molar-refractivity contribution is 0.0763. The number of ketones is 1. The van der Waals surface area contributed by atoms with E-state index < -0.39 is 6.10 Å². The van der Waals surface area contributed by atoms with E-state index >= 15 is 0 Å². The van der Waals surface area contributed by atoms with Crippen molar-refractivity contribution in [3.8, 4) is 0 Å². The van der Waals surface area contributed by atoms with Crippen LogP contribution in [0.5, 0.6) is 0 Å². The standard InChI is InChI=1S/C12H17NO2/c1-2-3-9-4-6-10(7-5-9)12(15)11(14)8-13/h4-7,11,14H,2-3,8,13H2,1H3. The molecule has 0 radical (unpaired) electrons. The summed E-state index contributed by atoms with van der Waals surface area (Å²) in [7, 11) is 0. The molecule has 0 amide bonds. The first-order valence-corrected chi connectivity index (χ1v) is 5.20. The predicted octanol–water partition coefficient (Wildman–Crippen LogP) is 1.14. The Morgan fingerprint density at radius 2 is 2.00 bits per heavy atom. The highest BCUT2D eigenvalue weighted by Gasteiger charge is 2.14. The van der Waals surface area contributed by atoms with Crippen LogP contribution >= 0.6 is 0 Å². The van der Waals surface area contributed by atoms with Gasteiger partial charge in [0.1, 0.15) is 6.10 Å². The van der Waals surface area contributed by atoms with Crippen LogP contribution < -0.4 is 5.73 Å². The maximum atomic E-state index is 11.5. The number of hydrogen-bond acceptors (Lipinski definition) is 3. The van der Waals surface area contributed by atoms with Crippen LogP contribution in [0.25, 0.3) is 0 Å². The Morgan fingerprint density at radius 1 is 1.40 bits per heavy atom. The van der Waals surface area contributed by atoms with Gasteiger partial charge in [-0.25, -0.2) is 0 Å². The number of carbonyl (C=O) groups excluding carboxylic acids is 1. The molecule has 15 heavy (non-hydrogen) atoms. The lowest BCUT2D eigenvalue weighted by atomic mass is 10.0. The van der Waals surface area contributed by atoms with Crippen LogP contribution in [-0.2, 0) is 6.42 Å². The minimum atomic E-state index is -1.08. The van der Waals surface area contributed by atoms with Crippen molar-refractivity contribution < 1.29 is 9.90 Å². The van der Waals surface area contributed by atoms with E-state index in [4.69, 9.17) is 5.73 Å². The number of aliphatic hydroxyl groups is 1. The maximum Gasteiger partial charge on any atom is 0.192 e. The van der Waals surface area contributed by atoms with Crippen molar-refractivity contribution in [2.24, 2.45) is 5.73 Å². The number of hydrogen-bond donors (Lipinski definition) is 2. The molecule has 0 aromatic heterocycles. The van der Waals surface area contributed by atoms with Crippen LogP contribution in [0.4, 0.5) is 0 Å². The summed E-state index contributed by atoms with van der Waals surface area (Å²) in [6.07, 6.45) is 1.01. The molecule has 82 valence electrons. The van der Waals surface area contributed by atoms with Crippen molar-refractivity contribution in [1.29, 1.82) is 0 Å². The SMILES string of the molecule is CCCc1ccc(C(=O)C(O)CN)cc1.